The first-order chi connectivity index (χ1) is 11.7. The van der Waals surface area contributed by atoms with Gasteiger partial charge in [-0.05, 0) is 29.8 Å². The number of anilines is 1. The SMILES string of the molecule is O=C1Nc2cc(-c3cccnc3)ccc2/C1=C\c1ccccc1F. The van der Waals surface area contributed by atoms with Gasteiger partial charge >= 0.3 is 0 Å². The Morgan fingerprint density at radius 3 is 2.67 bits per heavy atom. The lowest BCUT2D eigenvalue weighted by molar-refractivity contribution is -0.110. The van der Waals surface area contributed by atoms with Crippen LogP contribution in [0.5, 0.6) is 0 Å². The van der Waals surface area contributed by atoms with Crippen LogP contribution in [-0.2, 0) is 4.79 Å². The van der Waals surface area contributed by atoms with Gasteiger partial charge in [-0.2, -0.15) is 0 Å². The highest BCUT2D eigenvalue weighted by molar-refractivity contribution is 6.35. The average molecular weight is 316 g/mol. The Hall–Kier alpha value is -3.27. The van der Waals surface area contributed by atoms with Gasteiger partial charge in [0.1, 0.15) is 5.82 Å². The summed E-state index contributed by atoms with van der Waals surface area (Å²) in [5.41, 5.74) is 4.30. The molecule has 0 unspecified atom stereocenters. The Morgan fingerprint density at radius 2 is 1.88 bits per heavy atom. The third kappa shape index (κ3) is 2.48. The van der Waals surface area contributed by atoms with Crippen LogP contribution in [0.2, 0.25) is 0 Å². The van der Waals surface area contributed by atoms with E-state index in [0.29, 0.717) is 11.1 Å². The summed E-state index contributed by atoms with van der Waals surface area (Å²) in [6, 6.07) is 15.9. The highest BCUT2D eigenvalue weighted by Crippen LogP contribution is 2.36. The molecule has 4 heteroatoms. The van der Waals surface area contributed by atoms with Crippen molar-refractivity contribution >= 4 is 23.2 Å². The molecule has 0 saturated heterocycles. The van der Waals surface area contributed by atoms with E-state index >= 15 is 0 Å². The zero-order valence-corrected chi connectivity index (χ0v) is 12.7. The number of nitrogens with one attached hydrogen (secondary N) is 1. The van der Waals surface area contributed by atoms with Gasteiger partial charge in [0.05, 0.1) is 0 Å². The molecule has 0 saturated carbocycles. The highest BCUT2D eigenvalue weighted by Gasteiger charge is 2.24. The van der Waals surface area contributed by atoms with Gasteiger partial charge in [0.25, 0.3) is 5.91 Å². The lowest BCUT2D eigenvalue weighted by Crippen LogP contribution is -2.03. The molecule has 0 bridgehead atoms. The first-order valence-electron chi connectivity index (χ1n) is 7.55. The number of amides is 1. The number of halogens is 1. The van der Waals surface area contributed by atoms with E-state index < -0.39 is 0 Å². The second kappa shape index (κ2) is 5.74. The number of carbonyl (C=O) groups is 1. The largest absolute Gasteiger partial charge is 0.321 e. The third-order valence-corrected chi connectivity index (χ3v) is 4.00. The molecule has 0 aliphatic carbocycles. The number of aromatic nitrogens is 1. The molecule has 24 heavy (non-hydrogen) atoms. The molecule has 0 radical (unpaired) electrons. The first-order valence-corrected chi connectivity index (χ1v) is 7.55. The highest BCUT2D eigenvalue weighted by atomic mass is 19.1. The van der Waals surface area contributed by atoms with Crippen LogP contribution in [0.4, 0.5) is 10.1 Å². The van der Waals surface area contributed by atoms with Gasteiger partial charge in [0.2, 0.25) is 0 Å². The van der Waals surface area contributed by atoms with E-state index in [2.05, 4.69) is 10.3 Å². The maximum absolute atomic E-state index is 13.8. The van der Waals surface area contributed by atoms with Crippen molar-refractivity contribution in [2.45, 2.75) is 0 Å². The van der Waals surface area contributed by atoms with Crippen LogP contribution < -0.4 is 5.32 Å². The van der Waals surface area contributed by atoms with Crippen LogP contribution >= 0.6 is 0 Å². The van der Waals surface area contributed by atoms with Gasteiger partial charge in [-0.3, -0.25) is 9.78 Å². The van der Waals surface area contributed by atoms with E-state index in [-0.39, 0.29) is 11.7 Å². The number of fused-ring (bicyclic) bond motifs is 1. The number of nitrogens with zero attached hydrogens (tertiary/aromatic N) is 1. The van der Waals surface area contributed by atoms with Crippen LogP contribution in [0.1, 0.15) is 11.1 Å². The fourth-order valence-electron chi connectivity index (χ4n) is 2.80. The molecule has 4 rings (SSSR count). The minimum absolute atomic E-state index is 0.225. The van der Waals surface area contributed by atoms with Gasteiger partial charge in [-0.15, -0.1) is 0 Å². The topological polar surface area (TPSA) is 42.0 Å². The van der Waals surface area contributed by atoms with Gasteiger partial charge in [-0.25, -0.2) is 4.39 Å². The molecule has 116 valence electrons. The van der Waals surface area contributed by atoms with Crippen LogP contribution in [-0.4, -0.2) is 10.9 Å². The number of rotatable bonds is 2. The van der Waals surface area contributed by atoms with Crippen LogP contribution in [0.25, 0.3) is 22.8 Å². The summed E-state index contributed by atoms with van der Waals surface area (Å²) in [6.07, 6.45) is 5.07. The minimum Gasteiger partial charge on any atom is -0.321 e. The Kier molecular flexibility index (Phi) is 3.43. The second-order valence-electron chi connectivity index (χ2n) is 5.54. The van der Waals surface area contributed by atoms with E-state index in [1.165, 1.54) is 6.07 Å². The normalized spacial score (nSPS) is 14.5. The van der Waals surface area contributed by atoms with Crippen molar-refractivity contribution in [2.24, 2.45) is 0 Å². The van der Waals surface area contributed by atoms with Crippen LogP contribution in [0.15, 0.2) is 67.0 Å². The monoisotopic (exact) mass is 316 g/mol. The molecular formula is C20H13FN2O. The summed E-state index contributed by atoms with van der Waals surface area (Å²) in [7, 11) is 0. The zero-order chi connectivity index (χ0) is 16.5. The molecule has 1 aromatic heterocycles. The van der Waals surface area contributed by atoms with Crippen molar-refractivity contribution in [3.8, 4) is 11.1 Å². The van der Waals surface area contributed by atoms with E-state index in [0.717, 1.165) is 22.4 Å². The van der Waals surface area contributed by atoms with Gasteiger partial charge in [0.15, 0.2) is 0 Å². The van der Waals surface area contributed by atoms with E-state index in [1.807, 2.05) is 30.3 Å². The number of benzene rings is 2. The van der Waals surface area contributed by atoms with Crippen molar-refractivity contribution in [1.29, 1.82) is 0 Å². The number of pyridine rings is 1. The molecule has 2 heterocycles. The molecule has 0 fully saturated rings. The smallest absolute Gasteiger partial charge is 0.256 e. The van der Waals surface area contributed by atoms with Crippen molar-refractivity contribution in [3.63, 3.8) is 0 Å². The predicted octanol–water partition coefficient (Wildman–Crippen LogP) is 4.38. The second-order valence-corrected chi connectivity index (χ2v) is 5.54. The van der Waals surface area contributed by atoms with E-state index in [1.54, 1.807) is 36.7 Å². The molecule has 0 atom stereocenters. The van der Waals surface area contributed by atoms with Crippen LogP contribution in [0.3, 0.4) is 0 Å². The summed E-state index contributed by atoms with van der Waals surface area (Å²) >= 11 is 0. The minimum atomic E-state index is -0.349. The fraction of sp³-hybridized carbons (Fsp3) is 0. The Morgan fingerprint density at radius 1 is 1.00 bits per heavy atom. The summed E-state index contributed by atoms with van der Waals surface area (Å²) in [5, 5.41) is 2.85. The average Bonchev–Trinajstić information content (AvgIpc) is 2.92. The quantitative estimate of drug-likeness (QED) is 0.713. The fourth-order valence-corrected chi connectivity index (χ4v) is 2.80. The Balaban J connectivity index is 1.78. The predicted molar refractivity (Wildman–Crippen MR) is 92.6 cm³/mol. The standard InChI is InChI=1S/C20H13FN2O/c21-18-6-2-1-4-14(18)10-17-16-8-7-13(11-19(16)23-20(17)24)15-5-3-9-22-12-15/h1-12H,(H,23,24)/b17-10+. The maximum Gasteiger partial charge on any atom is 0.256 e. The first kappa shape index (κ1) is 14.3. The molecule has 0 spiro atoms. The molecule has 1 N–H and O–H groups in total. The van der Waals surface area contributed by atoms with Crippen molar-refractivity contribution in [3.05, 3.63) is 83.9 Å². The maximum atomic E-state index is 13.8. The Bertz CT molecular complexity index is 964. The summed E-state index contributed by atoms with van der Waals surface area (Å²) < 4.78 is 13.8. The zero-order valence-electron chi connectivity index (χ0n) is 12.7. The molecule has 3 nitrogen and oxygen atoms in total. The van der Waals surface area contributed by atoms with E-state index in [4.69, 9.17) is 0 Å². The number of hydrogen-bond acceptors (Lipinski definition) is 2. The molecule has 1 aliphatic rings. The molecule has 1 aliphatic heterocycles. The molecule has 3 aromatic rings. The summed E-state index contributed by atoms with van der Waals surface area (Å²) in [6.45, 7) is 0. The van der Waals surface area contributed by atoms with Gasteiger partial charge < -0.3 is 5.32 Å². The lowest BCUT2D eigenvalue weighted by Gasteiger charge is -2.04. The molecule has 1 amide bonds. The lowest BCUT2D eigenvalue weighted by atomic mass is 10.00. The van der Waals surface area contributed by atoms with Gasteiger partial charge in [-0.1, -0.05) is 36.4 Å². The number of carbonyl (C=O) groups excluding carboxylic acids is 1. The summed E-state index contributed by atoms with van der Waals surface area (Å²) in [5.74, 6) is -0.574. The summed E-state index contributed by atoms with van der Waals surface area (Å²) in [4.78, 5) is 16.4. The van der Waals surface area contributed by atoms with Crippen LogP contribution in [0, 0.1) is 5.82 Å². The van der Waals surface area contributed by atoms with Gasteiger partial charge in [0, 0.05) is 40.3 Å². The molecule has 2 aromatic carbocycles. The van der Waals surface area contributed by atoms with E-state index in [9.17, 15) is 9.18 Å². The number of hydrogen-bond donors (Lipinski definition) is 1. The van der Waals surface area contributed by atoms with Crippen molar-refractivity contribution in [2.75, 3.05) is 5.32 Å². The molecular weight excluding hydrogens is 303 g/mol. The Labute approximate surface area is 138 Å². The van der Waals surface area contributed by atoms with Crippen molar-refractivity contribution in [1.82, 2.24) is 4.98 Å². The third-order valence-electron chi connectivity index (χ3n) is 4.00. The van der Waals surface area contributed by atoms with Crippen molar-refractivity contribution < 1.29 is 9.18 Å².